The lowest BCUT2D eigenvalue weighted by atomic mass is 10.1. The quantitative estimate of drug-likeness (QED) is 0.798. The highest BCUT2D eigenvalue weighted by Gasteiger charge is 2.10. The first-order valence-electron chi connectivity index (χ1n) is 7.75. The number of hydrogen-bond donors (Lipinski definition) is 1. The maximum atomic E-state index is 12.2. The summed E-state index contributed by atoms with van der Waals surface area (Å²) in [4.78, 5) is 25.5. The predicted molar refractivity (Wildman–Crippen MR) is 92.5 cm³/mol. The number of amides is 1. The lowest BCUT2D eigenvalue weighted by molar-refractivity contribution is -0.117. The second kappa shape index (κ2) is 8.25. The van der Waals surface area contributed by atoms with Gasteiger partial charge in [0.05, 0.1) is 6.54 Å². The molecule has 0 aliphatic rings. The molecule has 0 aliphatic carbocycles. The fourth-order valence-corrected chi connectivity index (χ4v) is 2.31. The van der Waals surface area contributed by atoms with Gasteiger partial charge in [-0.05, 0) is 43.3 Å². The molecule has 0 atom stereocenters. The third-order valence-corrected chi connectivity index (χ3v) is 3.64. The molecule has 23 heavy (non-hydrogen) atoms. The van der Waals surface area contributed by atoms with Gasteiger partial charge in [-0.2, -0.15) is 0 Å². The Bertz CT molecular complexity index is 651. The van der Waals surface area contributed by atoms with E-state index >= 15 is 0 Å². The predicted octanol–water partition coefficient (Wildman–Crippen LogP) is 3.35. The molecule has 1 amide bonds. The molecule has 0 bridgehead atoms. The summed E-state index contributed by atoms with van der Waals surface area (Å²) in [7, 11) is 0. The van der Waals surface area contributed by atoms with Crippen molar-refractivity contribution in [3.8, 4) is 0 Å². The Morgan fingerprint density at radius 2 is 1.65 bits per heavy atom. The number of ketones is 1. The molecule has 0 radical (unpaired) electrons. The van der Waals surface area contributed by atoms with Crippen LogP contribution in [0.3, 0.4) is 0 Å². The minimum Gasteiger partial charge on any atom is -0.325 e. The number of carbonyl (C=O) groups is 2. The van der Waals surface area contributed by atoms with Crippen molar-refractivity contribution in [1.29, 1.82) is 0 Å². The SMILES string of the molecule is CCN(CC(=O)Nc1ccc(C(C)=O)cc1)Cc1ccccc1. The van der Waals surface area contributed by atoms with Crippen LogP contribution >= 0.6 is 0 Å². The number of benzene rings is 2. The molecule has 0 aromatic heterocycles. The van der Waals surface area contributed by atoms with Crippen LogP contribution in [0.1, 0.15) is 29.8 Å². The van der Waals surface area contributed by atoms with Gasteiger partial charge in [0, 0.05) is 17.8 Å². The highest BCUT2D eigenvalue weighted by Crippen LogP contribution is 2.10. The molecule has 4 nitrogen and oxygen atoms in total. The van der Waals surface area contributed by atoms with Crippen LogP contribution in [0.4, 0.5) is 5.69 Å². The number of Topliss-reactive ketones (excluding diaryl/α,β-unsaturated/α-hetero) is 1. The second-order valence-corrected chi connectivity index (χ2v) is 5.47. The molecule has 0 heterocycles. The van der Waals surface area contributed by atoms with E-state index in [4.69, 9.17) is 0 Å². The highest BCUT2D eigenvalue weighted by molar-refractivity contribution is 5.96. The zero-order valence-electron chi connectivity index (χ0n) is 13.6. The van der Waals surface area contributed by atoms with Crippen LogP contribution in [0.25, 0.3) is 0 Å². The molecule has 1 N–H and O–H groups in total. The number of hydrogen-bond acceptors (Lipinski definition) is 3. The Kier molecular flexibility index (Phi) is 6.06. The van der Waals surface area contributed by atoms with Gasteiger partial charge in [-0.1, -0.05) is 37.3 Å². The van der Waals surface area contributed by atoms with Crippen LogP contribution < -0.4 is 5.32 Å². The smallest absolute Gasteiger partial charge is 0.238 e. The average Bonchev–Trinajstić information content (AvgIpc) is 2.55. The van der Waals surface area contributed by atoms with Gasteiger partial charge in [-0.3, -0.25) is 14.5 Å². The Hall–Kier alpha value is -2.46. The summed E-state index contributed by atoms with van der Waals surface area (Å²) in [6.45, 7) is 5.44. The maximum Gasteiger partial charge on any atom is 0.238 e. The van der Waals surface area contributed by atoms with Gasteiger partial charge in [0.2, 0.25) is 5.91 Å². The van der Waals surface area contributed by atoms with Gasteiger partial charge < -0.3 is 5.32 Å². The molecule has 2 aromatic carbocycles. The average molecular weight is 310 g/mol. The van der Waals surface area contributed by atoms with Crippen molar-refractivity contribution in [2.45, 2.75) is 20.4 Å². The monoisotopic (exact) mass is 310 g/mol. The van der Waals surface area contributed by atoms with Gasteiger partial charge in [-0.15, -0.1) is 0 Å². The summed E-state index contributed by atoms with van der Waals surface area (Å²) >= 11 is 0. The zero-order valence-corrected chi connectivity index (χ0v) is 13.6. The number of likely N-dealkylation sites (N-methyl/N-ethyl adjacent to an activating group) is 1. The van der Waals surface area contributed by atoms with E-state index in [1.165, 1.54) is 12.5 Å². The van der Waals surface area contributed by atoms with Crippen molar-refractivity contribution < 1.29 is 9.59 Å². The topological polar surface area (TPSA) is 49.4 Å². The van der Waals surface area contributed by atoms with E-state index in [0.717, 1.165) is 13.1 Å². The number of nitrogens with one attached hydrogen (secondary N) is 1. The van der Waals surface area contributed by atoms with Crippen molar-refractivity contribution in [2.75, 3.05) is 18.4 Å². The highest BCUT2D eigenvalue weighted by atomic mass is 16.2. The third kappa shape index (κ3) is 5.34. The maximum absolute atomic E-state index is 12.2. The Balaban J connectivity index is 1.90. The van der Waals surface area contributed by atoms with Crippen LogP contribution in [0.5, 0.6) is 0 Å². The van der Waals surface area contributed by atoms with Gasteiger partial charge >= 0.3 is 0 Å². The van der Waals surface area contributed by atoms with Crippen molar-refractivity contribution in [3.63, 3.8) is 0 Å². The molecule has 2 rings (SSSR count). The van der Waals surface area contributed by atoms with Crippen LogP contribution in [-0.2, 0) is 11.3 Å². The molecule has 2 aromatic rings. The van der Waals surface area contributed by atoms with E-state index in [0.29, 0.717) is 17.8 Å². The Labute approximate surface area is 137 Å². The summed E-state index contributed by atoms with van der Waals surface area (Å²) in [5.41, 5.74) is 2.53. The first kappa shape index (κ1) is 16.9. The molecule has 0 saturated heterocycles. The lowest BCUT2D eigenvalue weighted by Crippen LogP contribution is -2.32. The molecule has 0 fully saturated rings. The summed E-state index contributed by atoms with van der Waals surface area (Å²) < 4.78 is 0. The van der Waals surface area contributed by atoms with Gasteiger partial charge in [0.15, 0.2) is 5.78 Å². The number of rotatable bonds is 7. The van der Waals surface area contributed by atoms with Crippen LogP contribution in [0.15, 0.2) is 54.6 Å². The standard InChI is InChI=1S/C19H22N2O2/c1-3-21(13-16-7-5-4-6-8-16)14-19(23)20-18-11-9-17(10-12-18)15(2)22/h4-12H,3,13-14H2,1-2H3,(H,20,23). The van der Waals surface area contributed by atoms with Crippen molar-refractivity contribution in [1.82, 2.24) is 4.90 Å². The van der Waals surface area contributed by atoms with E-state index in [2.05, 4.69) is 22.3 Å². The van der Waals surface area contributed by atoms with Gasteiger partial charge in [-0.25, -0.2) is 0 Å². The normalized spacial score (nSPS) is 10.6. The minimum absolute atomic E-state index is 0.0166. The largest absolute Gasteiger partial charge is 0.325 e. The second-order valence-electron chi connectivity index (χ2n) is 5.47. The summed E-state index contributed by atoms with van der Waals surface area (Å²) in [6, 6.07) is 17.0. The molecule has 0 saturated carbocycles. The minimum atomic E-state index is -0.0571. The molecular weight excluding hydrogens is 288 g/mol. The van der Waals surface area contributed by atoms with E-state index < -0.39 is 0 Å². The van der Waals surface area contributed by atoms with Crippen LogP contribution in [-0.4, -0.2) is 29.7 Å². The first-order chi connectivity index (χ1) is 11.1. The fourth-order valence-electron chi connectivity index (χ4n) is 2.31. The van der Waals surface area contributed by atoms with Crippen molar-refractivity contribution in [3.05, 3.63) is 65.7 Å². The number of anilines is 1. The van der Waals surface area contributed by atoms with E-state index in [-0.39, 0.29) is 11.7 Å². The van der Waals surface area contributed by atoms with Crippen molar-refractivity contribution in [2.24, 2.45) is 0 Å². The van der Waals surface area contributed by atoms with E-state index in [9.17, 15) is 9.59 Å². The molecule has 0 spiro atoms. The lowest BCUT2D eigenvalue weighted by Gasteiger charge is -2.20. The number of nitrogens with zero attached hydrogens (tertiary/aromatic N) is 1. The van der Waals surface area contributed by atoms with Crippen LogP contribution in [0.2, 0.25) is 0 Å². The molecule has 120 valence electrons. The Morgan fingerprint density at radius 3 is 2.22 bits per heavy atom. The summed E-state index contributed by atoms with van der Waals surface area (Å²) in [5.74, 6) is -0.0405. The molecular formula is C19H22N2O2. The van der Waals surface area contributed by atoms with Crippen molar-refractivity contribution >= 4 is 17.4 Å². The van der Waals surface area contributed by atoms with E-state index in [1.807, 2.05) is 25.1 Å². The van der Waals surface area contributed by atoms with Crippen LogP contribution in [0, 0.1) is 0 Å². The first-order valence-corrected chi connectivity index (χ1v) is 7.75. The molecule has 0 unspecified atom stereocenters. The molecule has 0 aliphatic heterocycles. The molecule has 4 heteroatoms. The third-order valence-electron chi connectivity index (χ3n) is 3.64. The van der Waals surface area contributed by atoms with Gasteiger partial charge in [0.25, 0.3) is 0 Å². The summed E-state index contributed by atoms with van der Waals surface area (Å²) in [6.07, 6.45) is 0. The Morgan fingerprint density at radius 1 is 1.00 bits per heavy atom. The van der Waals surface area contributed by atoms with E-state index in [1.54, 1.807) is 24.3 Å². The fraction of sp³-hybridized carbons (Fsp3) is 0.263. The summed E-state index contributed by atoms with van der Waals surface area (Å²) in [5, 5.41) is 2.87. The number of carbonyl (C=O) groups excluding carboxylic acids is 2. The zero-order chi connectivity index (χ0) is 16.7. The van der Waals surface area contributed by atoms with Gasteiger partial charge in [0.1, 0.15) is 0 Å².